The quantitative estimate of drug-likeness (QED) is 0.475. The lowest BCUT2D eigenvalue weighted by Crippen LogP contribution is -2.52. The number of aliphatic carboxylic acids is 1. The smallest absolute Gasteiger partial charge is 0.328 e. The lowest BCUT2D eigenvalue weighted by atomic mass is 10.2. The lowest BCUT2D eigenvalue weighted by Gasteiger charge is -2.22. The Kier molecular flexibility index (Phi) is 4.08. The molecule has 2 amide bonds. The van der Waals surface area contributed by atoms with Crippen molar-refractivity contribution < 1.29 is 19.8 Å². The van der Waals surface area contributed by atoms with Crippen molar-refractivity contribution in [1.29, 1.82) is 0 Å². The van der Waals surface area contributed by atoms with Crippen LogP contribution in [0.5, 0.6) is 0 Å². The number of nitrogens with two attached hydrogens (primary N) is 1. The molecule has 7 nitrogen and oxygen atoms in total. The van der Waals surface area contributed by atoms with Crippen LogP contribution >= 0.6 is 0 Å². The first-order valence-corrected chi connectivity index (χ1v) is 5.13. The number of carbonyl (C=O) groups excluding carboxylic acids is 1. The maximum atomic E-state index is 11.6. The number of nitrogens with zero attached hydrogens (tertiary/aromatic N) is 1. The second-order valence-corrected chi connectivity index (χ2v) is 4.00. The Labute approximate surface area is 93.2 Å². The van der Waals surface area contributed by atoms with Crippen molar-refractivity contribution in [3.8, 4) is 0 Å². The molecule has 3 atom stereocenters. The molecule has 0 aromatic rings. The molecule has 0 radical (unpaired) electrons. The summed E-state index contributed by atoms with van der Waals surface area (Å²) in [5, 5.41) is 20.2. The topological polar surface area (TPSA) is 116 Å². The molecular formula is C9H17N3O4. The predicted molar refractivity (Wildman–Crippen MR) is 55.8 cm³/mol. The number of hydrogen-bond donors (Lipinski definition) is 4. The van der Waals surface area contributed by atoms with Crippen LogP contribution in [0.1, 0.15) is 13.3 Å². The molecule has 1 rings (SSSR count). The van der Waals surface area contributed by atoms with Crippen LogP contribution in [-0.2, 0) is 4.79 Å². The SMILES string of the molecule is CC(O)C(NC(=O)N1CCC(N)C1)C(=O)O. The van der Waals surface area contributed by atoms with Gasteiger partial charge < -0.3 is 26.2 Å². The second-order valence-electron chi connectivity index (χ2n) is 4.00. The number of carboxylic acids is 1. The fourth-order valence-corrected chi connectivity index (χ4v) is 1.58. The number of amides is 2. The van der Waals surface area contributed by atoms with Gasteiger partial charge in [0, 0.05) is 19.1 Å². The number of carboxylic acid groups (broad SMARTS) is 1. The molecular weight excluding hydrogens is 214 g/mol. The monoisotopic (exact) mass is 231 g/mol. The summed E-state index contributed by atoms with van der Waals surface area (Å²) in [7, 11) is 0. The predicted octanol–water partition coefficient (Wildman–Crippen LogP) is -1.44. The van der Waals surface area contributed by atoms with Crippen LogP contribution in [0.3, 0.4) is 0 Å². The van der Waals surface area contributed by atoms with E-state index in [9.17, 15) is 14.7 Å². The average molecular weight is 231 g/mol. The molecule has 1 saturated heterocycles. The minimum Gasteiger partial charge on any atom is -0.480 e. The van der Waals surface area contributed by atoms with Crippen LogP contribution in [0.25, 0.3) is 0 Å². The van der Waals surface area contributed by atoms with E-state index in [4.69, 9.17) is 10.8 Å². The molecule has 0 aromatic carbocycles. The summed E-state index contributed by atoms with van der Waals surface area (Å²) in [5.74, 6) is -1.26. The van der Waals surface area contributed by atoms with Crippen molar-refractivity contribution in [2.24, 2.45) is 5.73 Å². The van der Waals surface area contributed by atoms with Crippen molar-refractivity contribution in [2.75, 3.05) is 13.1 Å². The van der Waals surface area contributed by atoms with Crippen molar-refractivity contribution >= 4 is 12.0 Å². The third-order valence-corrected chi connectivity index (χ3v) is 2.54. The summed E-state index contributed by atoms with van der Waals surface area (Å²) in [6.07, 6.45) is -0.433. The molecule has 0 saturated carbocycles. The highest BCUT2D eigenvalue weighted by Crippen LogP contribution is 2.07. The van der Waals surface area contributed by atoms with E-state index in [1.165, 1.54) is 11.8 Å². The van der Waals surface area contributed by atoms with Gasteiger partial charge in [-0.15, -0.1) is 0 Å². The van der Waals surface area contributed by atoms with Crippen LogP contribution in [-0.4, -0.2) is 58.4 Å². The standard InChI is InChI=1S/C9H17N3O4/c1-5(13)7(8(14)15)11-9(16)12-3-2-6(10)4-12/h5-7,13H,2-4,10H2,1H3,(H,11,16)(H,14,15). The normalized spacial score (nSPS) is 23.9. The first-order valence-electron chi connectivity index (χ1n) is 5.13. The third kappa shape index (κ3) is 3.07. The molecule has 3 unspecified atom stereocenters. The van der Waals surface area contributed by atoms with Gasteiger partial charge in [-0.1, -0.05) is 0 Å². The first kappa shape index (κ1) is 12.7. The molecule has 0 bridgehead atoms. The second kappa shape index (κ2) is 5.13. The number of rotatable bonds is 3. The molecule has 7 heteroatoms. The van der Waals surface area contributed by atoms with E-state index in [1.807, 2.05) is 0 Å². The average Bonchev–Trinajstić information content (AvgIpc) is 2.59. The third-order valence-electron chi connectivity index (χ3n) is 2.54. The Morgan fingerprint density at radius 1 is 1.56 bits per heavy atom. The van der Waals surface area contributed by atoms with Gasteiger partial charge in [0.2, 0.25) is 0 Å². The molecule has 16 heavy (non-hydrogen) atoms. The molecule has 0 aliphatic carbocycles. The number of carbonyl (C=O) groups is 2. The Balaban J connectivity index is 2.52. The van der Waals surface area contributed by atoms with Crippen molar-refractivity contribution in [1.82, 2.24) is 10.2 Å². The highest BCUT2D eigenvalue weighted by Gasteiger charge is 2.29. The molecule has 1 aliphatic rings. The summed E-state index contributed by atoms with van der Waals surface area (Å²) in [4.78, 5) is 23.8. The minimum absolute atomic E-state index is 0.0550. The van der Waals surface area contributed by atoms with Crippen LogP contribution < -0.4 is 11.1 Å². The largest absolute Gasteiger partial charge is 0.480 e. The van der Waals surface area contributed by atoms with E-state index in [0.29, 0.717) is 19.5 Å². The number of nitrogens with one attached hydrogen (secondary N) is 1. The number of likely N-dealkylation sites (tertiary alicyclic amines) is 1. The van der Waals surface area contributed by atoms with E-state index < -0.39 is 24.1 Å². The zero-order valence-corrected chi connectivity index (χ0v) is 9.09. The van der Waals surface area contributed by atoms with Gasteiger partial charge in [0.15, 0.2) is 6.04 Å². The number of hydrogen-bond acceptors (Lipinski definition) is 4. The zero-order valence-electron chi connectivity index (χ0n) is 9.09. The van der Waals surface area contributed by atoms with Gasteiger partial charge >= 0.3 is 12.0 Å². The van der Waals surface area contributed by atoms with Gasteiger partial charge in [0.25, 0.3) is 0 Å². The summed E-state index contributed by atoms with van der Waals surface area (Å²) in [6.45, 7) is 2.24. The number of aliphatic hydroxyl groups excluding tert-OH is 1. The van der Waals surface area contributed by atoms with E-state index in [2.05, 4.69) is 5.32 Å². The van der Waals surface area contributed by atoms with Gasteiger partial charge in [-0.2, -0.15) is 0 Å². The first-order chi connectivity index (χ1) is 7.41. The lowest BCUT2D eigenvalue weighted by molar-refractivity contribution is -0.141. The maximum Gasteiger partial charge on any atom is 0.328 e. The Hall–Kier alpha value is -1.34. The molecule has 0 aromatic heterocycles. The van der Waals surface area contributed by atoms with E-state index in [1.54, 1.807) is 0 Å². The van der Waals surface area contributed by atoms with E-state index in [-0.39, 0.29) is 6.04 Å². The molecule has 92 valence electrons. The zero-order chi connectivity index (χ0) is 12.3. The van der Waals surface area contributed by atoms with E-state index in [0.717, 1.165) is 0 Å². The number of urea groups is 1. The fourth-order valence-electron chi connectivity index (χ4n) is 1.58. The van der Waals surface area contributed by atoms with Gasteiger partial charge in [0.1, 0.15) is 0 Å². The van der Waals surface area contributed by atoms with Gasteiger partial charge in [0.05, 0.1) is 6.10 Å². The van der Waals surface area contributed by atoms with Gasteiger partial charge in [-0.25, -0.2) is 9.59 Å². The van der Waals surface area contributed by atoms with Gasteiger partial charge in [-0.05, 0) is 13.3 Å². The van der Waals surface area contributed by atoms with Gasteiger partial charge in [-0.3, -0.25) is 0 Å². The highest BCUT2D eigenvalue weighted by molar-refractivity contribution is 5.83. The molecule has 1 fully saturated rings. The van der Waals surface area contributed by atoms with Crippen molar-refractivity contribution in [2.45, 2.75) is 31.5 Å². The summed E-state index contributed by atoms with van der Waals surface area (Å²) < 4.78 is 0. The van der Waals surface area contributed by atoms with E-state index >= 15 is 0 Å². The molecule has 0 spiro atoms. The molecule has 5 N–H and O–H groups in total. The highest BCUT2D eigenvalue weighted by atomic mass is 16.4. The van der Waals surface area contributed by atoms with Crippen LogP contribution in [0.15, 0.2) is 0 Å². The summed E-state index contributed by atoms with van der Waals surface area (Å²) in [5.41, 5.74) is 5.63. The Morgan fingerprint density at radius 3 is 2.56 bits per heavy atom. The molecule has 1 heterocycles. The minimum atomic E-state index is -1.29. The molecule has 1 aliphatic heterocycles. The van der Waals surface area contributed by atoms with Crippen LogP contribution in [0, 0.1) is 0 Å². The summed E-state index contributed by atoms with van der Waals surface area (Å²) in [6, 6.07) is -1.84. The van der Waals surface area contributed by atoms with Crippen LogP contribution in [0.2, 0.25) is 0 Å². The fraction of sp³-hybridized carbons (Fsp3) is 0.778. The maximum absolute atomic E-state index is 11.6. The van der Waals surface area contributed by atoms with Crippen molar-refractivity contribution in [3.63, 3.8) is 0 Å². The Morgan fingerprint density at radius 2 is 2.19 bits per heavy atom. The van der Waals surface area contributed by atoms with Crippen molar-refractivity contribution in [3.05, 3.63) is 0 Å². The Bertz CT molecular complexity index is 282. The number of aliphatic hydroxyl groups is 1. The van der Waals surface area contributed by atoms with Crippen LogP contribution in [0.4, 0.5) is 4.79 Å². The summed E-state index contributed by atoms with van der Waals surface area (Å²) >= 11 is 0.